The van der Waals surface area contributed by atoms with Crippen molar-refractivity contribution in [2.45, 2.75) is 10.8 Å². The van der Waals surface area contributed by atoms with Gasteiger partial charge in [-0.1, -0.05) is 11.3 Å². The van der Waals surface area contributed by atoms with Crippen LogP contribution in [0.2, 0.25) is 0 Å². The van der Waals surface area contributed by atoms with Crippen molar-refractivity contribution in [3.05, 3.63) is 34.1 Å². The number of nitrogens with two attached hydrogens (primary N) is 1. The summed E-state index contributed by atoms with van der Waals surface area (Å²) in [7, 11) is -2.45. The highest BCUT2D eigenvalue weighted by molar-refractivity contribution is 7.91. The molecule has 0 unspecified atom stereocenters. The topological polar surface area (TPSA) is 135 Å². The summed E-state index contributed by atoms with van der Waals surface area (Å²) >= 11 is 0.674. The van der Waals surface area contributed by atoms with Crippen molar-refractivity contribution in [3.63, 3.8) is 0 Å². The zero-order valence-electron chi connectivity index (χ0n) is 10.3. The van der Waals surface area contributed by atoms with Gasteiger partial charge in [-0.15, -0.1) is 0 Å². The van der Waals surface area contributed by atoms with Crippen LogP contribution in [0.3, 0.4) is 0 Å². The van der Waals surface area contributed by atoms with Crippen LogP contribution in [0, 0.1) is 10.1 Å². The zero-order valence-corrected chi connectivity index (χ0v) is 11.9. The van der Waals surface area contributed by atoms with Crippen LogP contribution in [0.4, 0.5) is 10.7 Å². The van der Waals surface area contributed by atoms with E-state index in [1.807, 2.05) is 0 Å². The summed E-state index contributed by atoms with van der Waals surface area (Å²) in [5, 5.41) is 16.9. The van der Waals surface area contributed by atoms with Gasteiger partial charge in [0.1, 0.15) is 4.21 Å². The van der Waals surface area contributed by atoms with Crippen molar-refractivity contribution in [2.75, 3.05) is 12.8 Å². The Labute approximate surface area is 118 Å². The molecule has 0 atom stereocenters. The molecule has 2 aromatic heterocycles. The Morgan fingerprint density at radius 3 is 2.80 bits per heavy atom. The molecular weight excluding hydrogens is 306 g/mol. The summed E-state index contributed by atoms with van der Waals surface area (Å²) in [5.41, 5.74) is 5.73. The zero-order chi connectivity index (χ0) is 14.9. The second kappa shape index (κ2) is 5.19. The number of hydrogen-bond acceptors (Lipinski definition) is 7. The number of nitrogens with zero attached hydrogens (tertiary/aromatic N) is 3. The van der Waals surface area contributed by atoms with Crippen LogP contribution >= 0.6 is 11.3 Å². The number of rotatable bonds is 5. The third-order valence-electron chi connectivity index (χ3n) is 2.54. The summed E-state index contributed by atoms with van der Waals surface area (Å²) in [6, 6.07) is 0.973. The molecule has 0 fully saturated rings. The Morgan fingerprint density at radius 2 is 2.30 bits per heavy atom. The van der Waals surface area contributed by atoms with Crippen molar-refractivity contribution in [2.24, 2.45) is 0 Å². The first-order valence-electron chi connectivity index (χ1n) is 5.30. The lowest BCUT2D eigenvalue weighted by Crippen LogP contribution is -2.25. The molecule has 2 rings (SSSR count). The van der Waals surface area contributed by atoms with E-state index in [0.717, 1.165) is 10.4 Å². The van der Waals surface area contributed by atoms with Gasteiger partial charge in [-0.05, 0) is 0 Å². The van der Waals surface area contributed by atoms with Gasteiger partial charge in [0.25, 0.3) is 10.0 Å². The van der Waals surface area contributed by atoms with Crippen LogP contribution in [0.5, 0.6) is 0 Å². The maximum Gasteiger partial charge on any atom is 0.304 e. The quantitative estimate of drug-likeness (QED) is 0.618. The number of sulfonamides is 1. The molecular formula is C9H11N5O4S2. The van der Waals surface area contributed by atoms with Gasteiger partial charge in [-0.3, -0.25) is 15.2 Å². The fourth-order valence-corrected chi connectivity index (χ4v) is 4.09. The molecule has 108 valence electrons. The van der Waals surface area contributed by atoms with E-state index in [1.165, 1.54) is 13.2 Å². The van der Waals surface area contributed by atoms with Gasteiger partial charge in [0.2, 0.25) is 0 Å². The Balaban J connectivity index is 2.30. The average Bonchev–Trinajstić information content (AvgIpc) is 2.98. The minimum Gasteiger partial charge on any atom is -0.385 e. The van der Waals surface area contributed by atoms with Crippen LogP contribution in [-0.2, 0) is 16.6 Å². The van der Waals surface area contributed by atoms with Crippen molar-refractivity contribution >= 4 is 32.0 Å². The third kappa shape index (κ3) is 2.64. The van der Waals surface area contributed by atoms with E-state index < -0.39 is 20.6 Å². The first kappa shape index (κ1) is 14.4. The van der Waals surface area contributed by atoms with Crippen molar-refractivity contribution < 1.29 is 13.3 Å². The van der Waals surface area contributed by atoms with Crippen LogP contribution in [0.1, 0.15) is 5.56 Å². The highest BCUT2D eigenvalue weighted by Crippen LogP contribution is 2.35. The fraction of sp³-hybridized carbons (Fsp3) is 0.222. The second-order valence-corrected chi connectivity index (χ2v) is 7.30. The molecule has 0 bridgehead atoms. The molecule has 0 aliphatic rings. The predicted octanol–water partition coefficient (Wildman–Crippen LogP) is 0.782. The van der Waals surface area contributed by atoms with E-state index >= 15 is 0 Å². The molecule has 9 nitrogen and oxygen atoms in total. The Hall–Kier alpha value is -1.98. The number of thiophene rings is 1. The van der Waals surface area contributed by atoms with Crippen molar-refractivity contribution in [1.29, 1.82) is 0 Å². The average molecular weight is 317 g/mol. The standard InChI is InChI=1S/C9H11N5O4S2/c1-13(5-6-3-11-12-4-6)20(17,18)8-2-7(14(15)16)9(10)19-8/h2-4H,5,10H2,1H3,(H,11,12). The van der Waals surface area contributed by atoms with Gasteiger partial charge >= 0.3 is 5.69 Å². The number of nitrogen functional groups attached to an aromatic ring is 1. The Morgan fingerprint density at radius 1 is 1.60 bits per heavy atom. The van der Waals surface area contributed by atoms with Gasteiger partial charge in [0.15, 0.2) is 5.00 Å². The van der Waals surface area contributed by atoms with E-state index in [9.17, 15) is 18.5 Å². The summed E-state index contributed by atoms with van der Waals surface area (Å²) < 4.78 is 25.5. The summed E-state index contributed by atoms with van der Waals surface area (Å²) in [6.45, 7) is 0.102. The van der Waals surface area contributed by atoms with Crippen LogP contribution in [0.25, 0.3) is 0 Å². The minimum atomic E-state index is -3.82. The highest BCUT2D eigenvalue weighted by Gasteiger charge is 2.28. The number of nitro groups is 1. The SMILES string of the molecule is CN(Cc1cn[nH]c1)S(=O)(=O)c1cc([N+](=O)[O-])c(N)s1. The molecule has 2 aromatic rings. The largest absolute Gasteiger partial charge is 0.385 e. The molecule has 0 aromatic carbocycles. The number of hydrogen-bond donors (Lipinski definition) is 2. The molecule has 0 saturated carbocycles. The number of nitrogens with one attached hydrogen (secondary N) is 1. The normalized spacial score (nSPS) is 11.9. The maximum atomic E-state index is 12.3. The van der Waals surface area contributed by atoms with E-state index in [4.69, 9.17) is 5.73 Å². The summed E-state index contributed by atoms with van der Waals surface area (Å²) in [5.74, 6) is 0. The molecule has 0 spiro atoms. The Kier molecular flexibility index (Phi) is 3.74. The van der Waals surface area contributed by atoms with Crippen LogP contribution < -0.4 is 5.73 Å². The van der Waals surface area contributed by atoms with Crippen LogP contribution in [0.15, 0.2) is 22.7 Å². The van der Waals surface area contributed by atoms with E-state index in [-0.39, 0.29) is 15.8 Å². The summed E-state index contributed by atoms with van der Waals surface area (Å²) in [6.07, 6.45) is 3.06. The van der Waals surface area contributed by atoms with Gasteiger partial charge in [-0.25, -0.2) is 8.42 Å². The number of anilines is 1. The van der Waals surface area contributed by atoms with Gasteiger partial charge in [0.05, 0.1) is 11.1 Å². The predicted molar refractivity (Wildman–Crippen MR) is 72.6 cm³/mol. The number of aromatic amines is 1. The second-order valence-electron chi connectivity index (χ2n) is 3.94. The van der Waals surface area contributed by atoms with Crippen molar-refractivity contribution in [3.8, 4) is 0 Å². The van der Waals surface area contributed by atoms with Gasteiger partial charge in [-0.2, -0.15) is 9.40 Å². The summed E-state index contributed by atoms with van der Waals surface area (Å²) in [4.78, 5) is 9.99. The lowest BCUT2D eigenvalue weighted by atomic mass is 10.4. The van der Waals surface area contributed by atoms with Crippen LogP contribution in [-0.4, -0.2) is 34.9 Å². The van der Waals surface area contributed by atoms with E-state index in [0.29, 0.717) is 16.9 Å². The van der Waals surface area contributed by atoms with Gasteiger partial charge in [0, 0.05) is 31.4 Å². The van der Waals surface area contributed by atoms with Crippen molar-refractivity contribution in [1.82, 2.24) is 14.5 Å². The van der Waals surface area contributed by atoms with Gasteiger partial charge < -0.3 is 5.73 Å². The van der Waals surface area contributed by atoms with E-state index in [1.54, 1.807) is 6.20 Å². The molecule has 0 saturated heterocycles. The number of H-pyrrole nitrogens is 1. The Bertz CT molecular complexity index is 722. The molecule has 11 heteroatoms. The minimum absolute atomic E-state index is 0.102. The monoisotopic (exact) mass is 317 g/mol. The smallest absolute Gasteiger partial charge is 0.304 e. The third-order valence-corrected chi connectivity index (χ3v) is 5.74. The fourth-order valence-electron chi connectivity index (χ4n) is 1.50. The first-order valence-corrected chi connectivity index (χ1v) is 7.55. The van der Waals surface area contributed by atoms with E-state index in [2.05, 4.69) is 10.2 Å². The lowest BCUT2D eigenvalue weighted by Gasteiger charge is -2.14. The molecule has 3 N–H and O–H groups in total. The molecule has 0 aliphatic heterocycles. The molecule has 2 heterocycles. The lowest BCUT2D eigenvalue weighted by molar-refractivity contribution is -0.383. The number of aromatic nitrogens is 2. The molecule has 20 heavy (non-hydrogen) atoms. The maximum absolute atomic E-state index is 12.3. The molecule has 0 aliphatic carbocycles. The first-order chi connectivity index (χ1) is 9.32. The molecule has 0 amide bonds. The molecule has 0 radical (unpaired) electrons. The highest BCUT2D eigenvalue weighted by atomic mass is 32.2.